The lowest BCUT2D eigenvalue weighted by Gasteiger charge is -2.21. The van der Waals surface area contributed by atoms with E-state index in [1.54, 1.807) is 0 Å². The van der Waals surface area contributed by atoms with Crippen molar-refractivity contribution in [2.45, 2.75) is 6.54 Å². The minimum atomic E-state index is -0.0492. The first-order valence-corrected chi connectivity index (χ1v) is 7.05. The molecule has 2 aromatic rings. The predicted molar refractivity (Wildman–Crippen MR) is 90.1 cm³/mol. The van der Waals surface area contributed by atoms with Gasteiger partial charge in [0.25, 0.3) is 0 Å². The molecular weight excluding hydrogens is 338 g/mol. The van der Waals surface area contributed by atoms with E-state index in [-0.39, 0.29) is 29.2 Å². The number of halogens is 1. The number of ether oxygens (including phenoxy) is 3. The number of methoxy groups -OCH3 is 3. The van der Waals surface area contributed by atoms with E-state index in [1.807, 2.05) is 0 Å². The molecule has 0 amide bonds. The highest BCUT2D eigenvalue weighted by atomic mass is 35.5. The fourth-order valence-electron chi connectivity index (χ4n) is 2.06. The van der Waals surface area contributed by atoms with Gasteiger partial charge in [0.1, 0.15) is 11.4 Å². The highest BCUT2D eigenvalue weighted by molar-refractivity contribution is 6.32. The number of rotatable bonds is 6. The third-order valence-electron chi connectivity index (χ3n) is 3.15. The van der Waals surface area contributed by atoms with Gasteiger partial charge in [-0.3, -0.25) is 9.99 Å². The normalized spacial score (nSPS) is 10.4. The third-order valence-corrected chi connectivity index (χ3v) is 3.43. The van der Waals surface area contributed by atoms with E-state index in [0.717, 1.165) is 0 Å². The number of anilines is 3. The van der Waals surface area contributed by atoms with Crippen molar-refractivity contribution in [3.8, 4) is 17.2 Å². The first kappa shape index (κ1) is 17.6. The van der Waals surface area contributed by atoms with Gasteiger partial charge in [-0.25, -0.2) is 5.84 Å². The second-order valence-electron chi connectivity index (χ2n) is 4.58. The van der Waals surface area contributed by atoms with Gasteiger partial charge in [-0.2, -0.15) is 9.97 Å². The summed E-state index contributed by atoms with van der Waals surface area (Å²) in [6.07, 6.45) is 1.50. The van der Waals surface area contributed by atoms with Crippen LogP contribution in [0.2, 0.25) is 5.15 Å². The summed E-state index contributed by atoms with van der Waals surface area (Å²) in [5.41, 5.74) is 12.0. The van der Waals surface area contributed by atoms with Crippen molar-refractivity contribution in [2.75, 3.05) is 37.8 Å². The Morgan fingerprint density at radius 2 is 1.75 bits per heavy atom. The molecule has 0 unspecified atom stereocenters. The van der Waals surface area contributed by atoms with Crippen LogP contribution in [0, 0.1) is 0 Å². The summed E-state index contributed by atoms with van der Waals surface area (Å²) >= 11 is 5.90. The number of pyridine rings is 1. The number of nitrogen functional groups attached to an aromatic ring is 2. The number of hydrogen-bond acceptors (Lipinski definition) is 10. The van der Waals surface area contributed by atoms with E-state index >= 15 is 0 Å². The largest absolute Gasteiger partial charge is 0.491 e. The van der Waals surface area contributed by atoms with Crippen LogP contribution in [-0.4, -0.2) is 36.3 Å². The smallest absolute Gasteiger partial charge is 0.223 e. The molecule has 0 saturated heterocycles. The van der Waals surface area contributed by atoms with Crippen LogP contribution in [-0.2, 0) is 6.54 Å². The summed E-state index contributed by atoms with van der Waals surface area (Å²) in [5.74, 6) is 7.35. The molecule has 6 N–H and O–H groups in total. The molecule has 0 fully saturated rings. The molecule has 10 nitrogen and oxygen atoms in total. The van der Waals surface area contributed by atoms with Crippen LogP contribution in [0.5, 0.6) is 17.2 Å². The average molecular weight is 356 g/mol. The van der Waals surface area contributed by atoms with Crippen LogP contribution in [0.15, 0.2) is 6.20 Å². The minimum absolute atomic E-state index is 0.0141. The lowest BCUT2D eigenvalue weighted by atomic mass is 10.2. The van der Waals surface area contributed by atoms with Gasteiger partial charge in [-0.1, -0.05) is 11.6 Å². The van der Waals surface area contributed by atoms with Crippen LogP contribution in [0.3, 0.4) is 0 Å². The molecule has 11 heteroatoms. The maximum atomic E-state index is 6.03. The number of nitrogens with two attached hydrogens (primary N) is 3. The quantitative estimate of drug-likeness (QED) is 0.382. The standard InChI is InChI=1S/C13H18ClN7O3/c1-22-7-4-18-6(9(23-2)10(7)24-3)5-21(17)12-8(15)11(14)19-13(16)20-12/h4H,5,15,17H2,1-3H3,(H2,16,19,20). The first-order chi connectivity index (χ1) is 11.4. The summed E-state index contributed by atoms with van der Waals surface area (Å²) in [6.45, 7) is 0.0977. The second-order valence-corrected chi connectivity index (χ2v) is 4.94. The average Bonchev–Trinajstić information content (AvgIpc) is 2.57. The fourth-order valence-corrected chi connectivity index (χ4v) is 2.23. The van der Waals surface area contributed by atoms with E-state index in [0.29, 0.717) is 22.9 Å². The van der Waals surface area contributed by atoms with Crippen molar-refractivity contribution in [2.24, 2.45) is 5.84 Å². The predicted octanol–water partition coefficient (Wildman–Crippen LogP) is 0.595. The molecule has 130 valence electrons. The van der Waals surface area contributed by atoms with Gasteiger partial charge in [-0.05, 0) is 0 Å². The second kappa shape index (κ2) is 7.23. The Morgan fingerprint density at radius 3 is 2.33 bits per heavy atom. The monoisotopic (exact) mass is 355 g/mol. The van der Waals surface area contributed by atoms with Crippen LogP contribution in [0.25, 0.3) is 0 Å². The van der Waals surface area contributed by atoms with Gasteiger partial charge < -0.3 is 25.7 Å². The highest BCUT2D eigenvalue weighted by Gasteiger charge is 2.21. The Hall–Kier alpha value is -2.72. The summed E-state index contributed by atoms with van der Waals surface area (Å²) in [7, 11) is 4.48. The van der Waals surface area contributed by atoms with Gasteiger partial charge in [0.2, 0.25) is 11.7 Å². The van der Waals surface area contributed by atoms with E-state index in [4.69, 9.17) is 43.1 Å². The molecule has 0 aliphatic heterocycles. The third kappa shape index (κ3) is 3.29. The minimum Gasteiger partial charge on any atom is -0.491 e. The maximum Gasteiger partial charge on any atom is 0.223 e. The van der Waals surface area contributed by atoms with Gasteiger partial charge in [-0.15, -0.1) is 0 Å². The molecule has 24 heavy (non-hydrogen) atoms. The van der Waals surface area contributed by atoms with Gasteiger partial charge in [0.05, 0.1) is 34.1 Å². The molecular formula is C13H18ClN7O3. The molecule has 2 aromatic heterocycles. The topological polar surface area (TPSA) is 148 Å². The Bertz CT molecular complexity index is 744. The summed E-state index contributed by atoms with van der Waals surface area (Å²) in [5, 5.41) is 1.25. The van der Waals surface area contributed by atoms with E-state index < -0.39 is 0 Å². The molecule has 0 spiro atoms. The van der Waals surface area contributed by atoms with E-state index in [9.17, 15) is 0 Å². The van der Waals surface area contributed by atoms with Crippen molar-refractivity contribution >= 4 is 29.1 Å². The first-order valence-electron chi connectivity index (χ1n) is 6.67. The van der Waals surface area contributed by atoms with E-state index in [2.05, 4.69) is 15.0 Å². The van der Waals surface area contributed by atoms with Gasteiger partial charge in [0, 0.05) is 0 Å². The fraction of sp³-hybridized carbons (Fsp3) is 0.308. The zero-order chi connectivity index (χ0) is 17.9. The van der Waals surface area contributed by atoms with Crippen molar-refractivity contribution in [1.29, 1.82) is 0 Å². The Labute approximate surface area is 143 Å². The number of nitrogens with zero attached hydrogens (tertiary/aromatic N) is 4. The molecule has 0 aliphatic rings. The van der Waals surface area contributed by atoms with E-state index in [1.165, 1.54) is 32.5 Å². The SMILES string of the molecule is COc1cnc(CN(N)c2nc(N)nc(Cl)c2N)c(OC)c1OC. The molecule has 0 saturated carbocycles. The Kier molecular flexibility index (Phi) is 5.31. The molecule has 2 heterocycles. The van der Waals surface area contributed by atoms with Crippen molar-refractivity contribution in [3.63, 3.8) is 0 Å². The zero-order valence-corrected chi connectivity index (χ0v) is 14.2. The maximum absolute atomic E-state index is 6.03. The molecule has 0 radical (unpaired) electrons. The zero-order valence-electron chi connectivity index (χ0n) is 13.4. The summed E-state index contributed by atoms with van der Waals surface area (Å²) in [6, 6.07) is 0. The van der Waals surface area contributed by atoms with Gasteiger partial charge in [0.15, 0.2) is 22.5 Å². The lowest BCUT2D eigenvalue weighted by Crippen LogP contribution is -2.32. The molecule has 0 atom stereocenters. The summed E-state index contributed by atoms with van der Waals surface area (Å²) < 4.78 is 15.9. The van der Waals surface area contributed by atoms with Crippen LogP contribution >= 0.6 is 11.6 Å². The molecule has 0 aliphatic carbocycles. The Morgan fingerprint density at radius 1 is 1.08 bits per heavy atom. The number of aromatic nitrogens is 3. The van der Waals surface area contributed by atoms with Crippen LogP contribution in [0.1, 0.15) is 5.69 Å². The lowest BCUT2D eigenvalue weighted by molar-refractivity contribution is 0.319. The summed E-state index contributed by atoms with van der Waals surface area (Å²) in [4.78, 5) is 12.0. The number of hydrogen-bond donors (Lipinski definition) is 3. The highest BCUT2D eigenvalue weighted by Crippen LogP contribution is 2.39. The van der Waals surface area contributed by atoms with Crippen LogP contribution in [0.4, 0.5) is 17.5 Å². The molecule has 0 aromatic carbocycles. The molecule has 0 bridgehead atoms. The Balaban J connectivity index is 2.41. The van der Waals surface area contributed by atoms with Crippen molar-refractivity contribution < 1.29 is 14.2 Å². The van der Waals surface area contributed by atoms with Gasteiger partial charge >= 0.3 is 0 Å². The van der Waals surface area contributed by atoms with Crippen molar-refractivity contribution in [1.82, 2.24) is 15.0 Å². The number of hydrazine groups is 1. The molecule has 2 rings (SSSR count). The van der Waals surface area contributed by atoms with Crippen LogP contribution < -0.4 is 36.5 Å². The van der Waals surface area contributed by atoms with Crippen molar-refractivity contribution in [3.05, 3.63) is 17.0 Å².